The van der Waals surface area contributed by atoms with E-state index < -0.39 is 0 Å². The fourth-order valence-electron chi connectivity index (χ4n) is 1.99. The predicted molar refractivity (Wildman–Crippen MR) is 88.8 cm³/mol. The first-order valence-electron chi connectivity index (χ1n) is 6.49. The van der Waals surface area contributed by atoms with Gasteiger partial charge in [-0.1, -0.05) is 46.1 Å². The minimum atomic E-state index is 0.600. The van der Waals surface area contributed by atoms with E-state index in [1.54, 1.807) is 0 Å². The Kier molecular flexibility index (Phi) is 5.35. The van der Waals surface area contributed by atoms with Crippen molar-refractivity contribution in [3.63, 3.8) is 0 Å². The molecule has 1 aromatic heterocycles. The maximum atomic E-state index is 6.21. The number of hydrogen-bond acceptors (Lipinski definition) is 2. The highest BCUT2D eigenvalue weighted by molar-refractivity contribution is 9.10. The molecule has 0 bridgehead atoms. The molecule has 0 radical (unpaired) electrons. The Morgan fingerprint density at radius 1 is 1.20 bits per heavy atom. The lowest BCUT2D eigenvalue weighted by atomic mass is 10.3. The zero-order chi connectivity index (χ0) is 14.7. The Hall–Kier alpha value is -0.710. The van der Waals surface area contributed by atoms with Crippen LogP contribution in [-0.4, -0.2) is 9.78 Å². The molecule has 0 aliphatic heterocycles. The summed E-state index contributed by atoms with van der Waals surface area (Å²) in [5.41, 5.74) is 2.97. The number of aryl methyl sites for hydroxylation is 2. The SMILES string of the molecule is CCc1cc(CNc2c(Cl)cc(Br)cc2Cl)n(CC)n1. The van der Waals surface area contributed by atoms with Crippen LogP contribution in [0.1, 0.15) is 25.2 Å². The van der Waals surface area contributed by atoms with Crippen LogP contribution < -0.4 is 5.32 Å². The van der Waals surface area contributed by atoms with Crippen molar-refractivity contribution in [1.82, 2.24) is 9.78 Å². The third-order valence-electron chi connectivity index (χ3n) is 3.03. The van der Waals surface area contributed by atoms with E-state index in [1.807, 2.05) is 16.8 Å². The van der Waals surface area contributed by atoms with Crippen molar-refractivity contribution in [1.29, 1.82) is 0 Å². The Bertz CT molecular complexity index is 587. The molecule has 108 valence electrons. The number of aromatic nitrogens is 2. The summed E-state index contributed by atoms with van der Waals surface area (Å²) in [6, 6.07) is 5.76. The number of anilines is 1. The van der Waals surface area contributed by atoms with E-state index in [-0.39, 0.29) is 0 Å². The Morgan fingerprint density at radius 3 is 2.40 bits per heavy atom. The first kappa shape index (κ1) is 15.7. The maximum absolute atomic E-state index is 6.21. The molecule has 0 aliphatic carbocycles. The lowest BCUT2D eigenvalue weighted by Gasteiger charge is -2.11. The van der Waals surface area contributed by atoms with E-state index in [9.17, 15) is 0 Å². The van der Waals surface area contributed by atoms with Crippen LogP contribution >= 0.6 is 39.1 Å². The van der Waals surface area contributed by atoms with Gasteiger partial charge in [0.25, 0.3) is 0 Å². The smallest absolute Gasteiger partial charge is 0.0722 e. The van der Waals surface area contributed by atoms with Gasteiger partial charge >= 0.3 is 0 Å². The lowest BCUT2D eigenvalue weighted by Crippen LogP contribution is -2.08. The average molecular weight is 377 g/mol. The highest BCUT2D eigenvalue weighted by Crippen LogP contribution is 2.34. The molecule has 1 N–H and O–H groups in total. The molecule has 0 aliphatic rings. The molecule has 1 heterocycles. The fourth-order valence-corrected chi connectivity index (χ4v) is 3.34. The number of hydrogen-bond donors (Lipinski definition) is 1. The lowest BCUT2D eigenvalue weighted by molar-refractivity contribution is 0.619. The van der Waals surface area contributed by atoms with Crippen LogP contribution in [0.25, 0.3) is 0 Å². The first-order valence-corrected chi connectivity index (χ1v) is 8.04. The van der Waals surface area contributed by atoms with Gasteiger partial charge in [0.1, 0.15) is 0 Å². The zero-order valence-corrected chi connectivity index (χ0v) is 14.5. The number of rotatable bonds is 5. The van der Waals surface area contributed by atoms with Gasteiger partial charge in [-0.15, -0.1) is 0 Å². The molecule has 0 saturated heterocycles. The molecule has 0 amide bonds. The van der Waals surface area contributed by atoms with Crippen LogP contribution in [0.2, 0.25) is 10.0 Å². The fraction of sp³-hybridized carbons (Fsp3) is 0.357. The highest BCUT2D eigenvalue weighted by atomic mass is 79.9. The van der Waals surface area contributed by atoms with Gasteiger partial charge in [-0.05, 0) is 31.5 Å². The molecule has 6 heteroatoms. The summed E-state index contributed by atoms with van der Waals surface area (Å²) in [5.74, 6) is 0. The predicted octanol–water partition coefficient (Wildman–Crippen LogP) is 5.15. The number of nitrogens with zero attached hydrogens (tertiary/aromatic N) is 2. The summed E-state index contributed by atoms with van der Waals surface area (Å²) >= 11 is 15.8. The summed E-state index contributed by atoms with van der Waals surface area (Å²) in [6.45, 7) is 5.66. The van der Waals surface area contributed by atoms with Crippen LogP contribution in [0.3, 0.4) is 0 Å². The van der Waals surface area contributed by atoms with Crippen LogP contribution in [0.4, 0.5) is 5.69 Å². The second kappa shape index (κ2) is 6.83. The molecule has 0 spiro atoms. The van der Waals surface area contributed by atoms with Gasteiger partial charge in [0.2, 0.25) is 0 Å². The quantitative estimate of drug-likeness (QED) is 0.782. The second-order valence-corrected chi connectivity index (χ2v) is 6.12. The van der Waals surface area contributed by atoms with Crippen molar-refractivity contribution in [2.45, 2.75) is 33.4 Å². The van der Waals surface area contributed by atoms with Gasteiger partial charge in [-0.3, -0.25) is 4.68 Å². The van der Waals surface area contributed by atoms with E-state index in [4.69, 9.17) is 23.2 Å². The van der Waals surface area contributed by atoms with E-state index in [0.717, 1.165) is 34.5 Å². The van der Waals surface area contributed by atoms with Crippen molar-refractivity contribution in [3.8, 4) is 0 Å². The maximum Gasteiger partial charge on any atom is 0.0722 e. The van der Waals surface area contributed by atoms with Crippen LogP contribution in [0.5, 0.6) is 0 Å². The first-order chi connectivity index (χ1) is 9.55. The standard InChI is InChI=1S/C14H16BrCl2N3/c1-3-10-7-11(20(4-2)19-10)8-18-14-12(16)5-9(15)6-13(14)17/h5-7,18H,3-4,8H2,1-2H3. The van der Waals surface area contributed by atoms with Crippen LogP contribution in [0.15, 0.2) is 22.7 Å². The molecular weight excluding hydrogens is 361 g/mol. The van der Waals surface area contributed by atoms with Gasteiger partial charge in [0.15, 0.2) is 0 Å². The summed E-state index contributed by atoms with van der Waals surface area (Å²) in [4.78, 5) is 0. The van der Waals surface area contributed by atoms with Crippen LogP contribution in [0, 0.1) is 0 Å². The topological polar surface area (TPSA) is 29.9 Å². The highest BCUT2D eigenvalue weighted by Gasteiger charge is 2.10. The third kappa shape index (κ3) is 3.48. The number of nitrogens with one attached hydrogen (secondary N) is 1. The summed E-state index contributed by atoms with van der Waals surface area (Å²) in [5, 5.41) is 9.01. The number of halogens is 3. The molecule has 0 saturated carbocycles. The van der Waals surface area contributed by atoms with Gasteiger partial charge < -0.3 is 5.32 Å². The molecule has 0 fully saturated rings. The summed E-state index contributed by atoms with van der Waals surface area (Å²) in [7, 11) is 0. The van der Waals surface area contributed by atoms with Crippen molar-refractivity contribution in [3.05, 3.63) is 44.1 Å². The van der Waals surface area contributed by atoms with Crippen molar-refractivity contribution < 1.29 is 0 Å². The van der Waals surface area contributed by atoms with E-state index in [0.29, 0.717) is 16.6 Å². The average Bonchev–Trinajstić information content (AvgIpc) is 2.80. The van der Waals surface area contributed by atoms with Gasteiger partial charge in [-0.2, -0.15) is 5.10 Å². The van der Waals surface area contributed by atoms with Gasteiger partial charge in [0, 0.05) is 11.0 Å². The van der Waals surface area contributed by atoms with Gasteiger partial charge in [-0.25, -0.2) is 0 Å². The minimum absolute atomic E-state index is 0.600. The van der Waals surface area contributed by atoms with Crippen LogP contribution in [-0.2, 0) is 19.5 Å². The minimum Gasteiger partial charge on any atom is -0.377 e. The molecule has 1 aromatic carbocycles. The Balaban J connectivity index is 2.18. The molecule has 2 aromatic rings. The van der Waals surface area contributed by atoms with Crippen molar-refractivity contribution >= 4 is 44.8 Å². The molecule has 0 unspecified atom stereocenters. The zero-order valence-electron chi connectivity index (χ0n) is 11.4. The Labute approximate surface area is 137 Å². The van der Waals surface area contributed by atoms with E-state index >= 15 is 0 Å². The van der Waals surface area contributed by atoms with E-state index in [1.165, 1.54) is 0 Å². The summed E-state index contributed by atoms with van der Waals surface area (Å²) in [6.07, 6.45) is 0.930. The van der Waals surface area contributed by atoms with E-state index in [2.05, 4.69) is 46.3 Å². The normalized spacial score (nSPS) is 10.8. The molecule has 3 nitrogen and oxygen atoms in total. The number of benzene rings is 1. The third-order valence-corrected chi connectivity index (χ3v) is 4.08. The monoisotopic (exact) mass is 375 g/mol. The summed E-state index contributed by atoms with van der Waals surface area (Å²) < 4.78 is 2.86. The van der Waals surface area contributed by atoms with Crippen molar-refractivity contribution in [2.24, 2.45) is 0 Å². The van der Waals surface area contributed by atoms with Crippen molar-refractivity contribution in [2.75, 3.05) is 5.32 Å². The molecule has 20 heavy (non-hydrogen) atoms. The Morgan fingerprint density at radius 2 is 1.85 bits per heavy atom. The molecular formula is C14H16BrCl2N3. The second-order valence-electron chi connectivity index (χ2n) is 4.39. The largest absolute Gasteiger partial charge is 0.377 e. The molecule has 2 rings (SSSR count). The van der Waals surface area contributed by atoms with Gasteiger partial charge in [0.05, 0.1) is 33.7 Å². The molecule has 0 atom stereocenters.